The standard InChI is InChI=1S/C13H18BrNO2/c1-4-13(5-2,17-3)12(16)7-10-6-11(14)9-15-8-10/h6,8-9H,4-5,7H2,1-3H3. The third-order valence-electron chi connectivity index (χ3n) is 3.17. The van der Waals surface area contributed by atoms with Crippen LogP contribution in [0, 0.1) is 0 Å². The van der Waals surface area contributed by atoms with Gasteiger partial charge in [-0.1, -0.05) is 13.8 Å². The summed E-state index contributed by atoms with van der Waals surface area (Å²) >= 11 is 3.35. The number of hydrogen-bond acceptors (Lipinski definition) is 3. The van der Waals surface area contributed by atoms with E-state index in [-0.39, 0.29) is 5.78 Å². The Morgan fingerprint density at radius 3 is 2.53 bits per heavy atom. The number of nitrogens with zero attached hydrogens (tertiary/aromatic N) is 1. The van der Waals surface area contributed by atoms with E-state index in [9.17, 15) is 4.79 Å². The quantitative estimate of drug-likeness (QED) is 0.810. The van der Waals surface area contributed by atoms with Gasteiger partial charge in [-0.05, 0) is 40.4 Å². The summed E-state index contributed by atoms with van der Waals surface area (Å²) in [6.45, 7) is 3.95. The summed E-state index contributed by atoms with van der Waals surface area (Å²) in [7, 11) is 1.60. The Hall–Kier alpha value is -0.740. The van der Waals surface area contributed by atoms with Gasteiger partial charge in [-0.2, -0.15) is 0 Å². The number of halogens is 1. The summed E-state index contributed by atoms with van der Waals surface area (Å²) in [4.78, 5) is 16.3. The smallest absolute Gasteiger partial charge is 0.168 e. The average molecular weight is 300 g/mol. The van der Waals surface area contributed by atoms with Crippen LogP contribution >= 0.6 is 15.9 Å². The molecule has 1 heterocycles. The Kier molecular flexibility index (Phi) is 5.28. The van der Waals surface area contributed by atoms with Gasteiger partial charge in [0.05, 0.1) is 0 Å². The molecule has 94 valence electrons. The molecule has 0 unspecified atom stereocenters. The fourth-order valence-corrected chi connectivity index (χ4v) is 2.36. The number of pyridine rings is 1. The average Bonchev–Trinajstić information content (AvgIpc) is 2.32. The number of Topliss-reactive ketones (excluding diaryl/α,β-unsaturated/α-hetero) is 1. The van der Waals surface area contributed by atoms with Gasteiger partial charge in [0, 0.05) is 30.4 Å². The van der Waals surface area contributed by atoms with Crippen molar-refractivity contribution in [3.05, 3.63) is 28.5 Å². The summed E-state index contributed by atoms with van der Waals surface area (Å²) < 4.78 is 6.31. The zero-order valence-electron chi connectivity index (χ0n) is 10.5. The summed E-state index contributed by atoms with van der Waals surface area (Å²) in [6.07, 6.45) is 5.17. The van der Waals surface area contributed by atoms with E-state index < -0.39 is 5.60 Å². The molecule has 0 aliphatic carbocycles. The molecule has 17 heavy (non-hydrogen) atoms. The zero-order chi connectivity index (χ0) is 12.9. The lowest BCUT2D eigenvalue weighted by Crippen LogP contribution is -2.40. The Morgan fingerprint density at radius 1 is 1.41 bits per heavy atom. The van der Waals surface area contributed by atoms with E-state index in [1.807, 2.05) is 19.9 Å². The number of ether oxygens (including phenoxy) is 1. The molecule has 0 aromatic carbocycles. The molecule has 1 aromatic heterocycles. The molecule has 4 heteroatoms. The van der Waals surface area contributed by atoms with Crippen LogP contribution in [0.2, 0.25) is 0 Å². The number of carbonyl (C=O) groups excluding carboxylic acids is 1. The van der Waals surface area contributed by atoms with Crippen LogP contribution in [0.1, 0.15) is 32.3 Å². The van der Waals surface area contributed by atoms with Crippen molar-refractivity contribution >= 4 is 21.7 Å². The van der Waals surface area contributed by atoms with Crippen LogP contribution in [0.15, 0.2) is 22.9 Å². The highest BCUT2D eigenvalue weighted by molar-refractivity contribution is 9.10. The van der Waals surface area contributed by atoms with Crippen LogP contribution in [-0.2, 0) is 16.0 Å². The number of aromatic nitrogens is 1. The summed E-state index contributed by atoms with van der Waals surface area (Å²) in [5.74, 6) is 0.116. The lowest BCUT2D eigenvalue weighted by atomic mass is 9.88. The van der Waals surface area contributed by atoms with Crippen LogP contribution in [0.4, 0.5) is 0 Å². The Balaban J connectivity index is 2.84. The van der Waals surface area contributed by atoms with Gasteiger partial charge in [0.25, 0.3) is 0 Å². The van der Waals surface area contributed by atoms with Crippen molar-refractivity contribution in [3.63, 3.8) is 0 Å². The first-order valence-corrected chi connectivity index (χ1v) is 6.55. The van der Waals surface area contributed by atoms with E-state index in [1.54, 1.807) is 19.5 Å². The van der Waals surface area contributed by atoms with E-state index in [0.717, 1.165) is 10.0 Å². The molecule has 0 bridgehead atoms. The van der Waals surface area contributed by atoms with E-state index >= 15 is 0 Å². The lowest BCUT2D eigenvalue weighted by Gasteiger charge is -2.28. The highest BCUT2D eigenvalue weighted by Crippen LogP contribution is 2.23. The Bertz CT molecular complexity index is 380. The van der Waals surface area contributed by atoms with E-state index in [0.29, 0.717) is 19.3 Å². The minimum Gasteiger partial charge on any atom is -0.370 e. The fraction of sp³-hybridized carbons (Fsp3) is 0.538. The topological polar surface area (TPSA) is 39.2 Å². The van der Waals surface area contributed by atoms with Gasteiger partial charge in [0.1, 0.15) is 5.60 Å². The molecule has 0 saturated heterocycles. The molecule has 0 fully saturated rings. The third kappa shape index (κ3) is 3.36. The van der Waals surface area contributed by atoms with Crippen LogP contribution in [0.25, 0.3) is 0 Å². The first-order chi connectivity index (χ1) is 8.07. The van der Waals surface area contributed by atoms with Crippen molar-refractivity contribution in [3.8, 4) is 0 Å². The highest BCUT2D eigenvalue weighted by atomic mass is 79.9. The van der Waals surface area contributed by atoms with Crippen LogP contribution < -0.4 is 0 Å². The molecule has 3 nitrogen and oxygen atoms in total. The number of carbonyl (C=O) groups is 1. The molecular weight excluding hydrogens is 282 g/mol. The highest BCUT2D eigenvalue weighted by Gasteiger charge is 2.34. The van der Waals surface area contributed by atoms with Gasteiger partial charge < -0.3 is 4.74 Å². The van der Waals surface area contributed by atoms with Gasteiger partial charge in [-0.25, -0.2) is 0 Å². The number of rotatable bonds is 6. The van der Waals surface area contributed by atoms with Crippen molar-refractivity contribution in [2.75, 3.05) is 7.11 Å². The first kappa shape index (κ1) is 14.3. The molecule has 0 aliphatic heterocycles. The monoisotopic (exact) mass is 299 g/mol. The maximum absolute atomic E-state index is 12.3. The van der Waals surface area contributed by atoms with E-state index in [2.05, 4.69) is 20.9 Å². The van der Waals surface area contributed by atoms with Crippen molar-refractivity contribution in [2.45, 2.75) is 38.7 Å². The minimum absolute atomic E-state index is 0.116. The molecule has 0 aliphatic rings. The van der Waals surface area contributed by atoms with Crippen molar-refractivity contribution in [2.24, 2.45) is 0 Å². The van der Waals surface area contributed by atoms with Crippen LogP contribution in [0.3, 0.4) is 0 Å². The number of hydrogen-bond donors (Lipinski definition) is 0. The van der Waals surface area contributed by atoms with Crippen LogP contribution in [-0.4, -0.2) is 23.5 Å². The second-order valence-electron chi connectivity index (χ2n) is 4.02. The van der Waals surface area contributed by atoms with Gasteiger partial charge in [-0.3, -0.25) is 9.78 Å². The predicted octanol–water partition coefficient (Wildman–Crippen LogP) is 3.16. The number of ketones is 1. The van der Waals surface area contributed by atoms with Crippen molar-refractivity contribution in [1.29, 1.82) is 0 Å². The van der Waals surface area contributed by atoms with Gasteiger partial charge in [0.2, 0.25) is 0 Å². The fourth-order valence-electron chi connectivity index (χ4n) is 1.95. The van der Waals surface area contributed by atoms with Gasteiger partial charge >= 0.3 is 0 Å². The normalized spacial score (nSPS) is 11.5. The third-order valence-corrected chi connectivity index (χ3v) is 3.60. The molecule has 0 atom stereocenters. The minimum atomic E-state index is -0.650. The Labute approximate surface area is 111 Å². The first-order valence-electron chi connectivity index (χ1n) is 5.76. The lowest BCUT2D eigenvalue weighted by molar-refractivity contribution is -0.141. The SMILES string of the molecule is CCC(CC)(OC)C(=O)Cc1cncc(Br)c1. The molecule has 0 amide bonds. The second-order valence-corrected chi connectivity index (χ2v) is 4.93. The largest absolute Gasteiger partial charge is 0.370 e. The predicted molar refractivity (Wildman–Crippen MR) is 71.0 cm³/mol. The van der Waals surface area contributed by atoms with E-state index in [1.165, 1.54) is 0 Å². The molecule has 0 N–H and O–H groups in total. The molecule has 0 spiro atoms. The molecule has 1 aromatic rings. The van der Waals surface area contributed by atoms with Crippen molar-refractivity contribution < 1.29 is 9.53 Å². The van der Waals surface area contributed by atoms with Crippen molar-refractivity contribution in [1.82, 2.24) is 4.98 Å². The van der Waals surface area contributed by atoms with Gasteiger partial charge in [-0.15, -0.1) is 0 Å². The summed E-state index contributed by atoms with van der Waals surface area (Å²) in [5.41, 5.74) is 0.259. The maximum Gasteiger partial charge on any atom is 0.168 e. The summed E-state index contributed by atoms with van der Waals surface area (Å²) in [5, 5.41) is 0. The molecule has 1 rings (SSSR count). The summed E-state index contributed by atoms with van der Waals surface area (Å²) in [6, 6.07) is 1.91. The molecule has 0 radical (unpaired) electrons. The maximum atomic E-state index is 12.3. The zero-order valence-corrected chi connectivity index (χ0v) is 12.1. The van der Waals surface area contributed by atoms with Gasteiger partial charge in [0.15, 0.2) is 5.78 Å². The molecule has 0 saturated carbocycles. The Morgan fingerprint density at radius 2 is 2.06 bits per heavy atom. The molecular formula is C13H18BrNO2. The van der Waals surface area contributed by atoms with Crippen LogP contribution in [0.5, 0.6) is 0 Å². The van der Waals surface area contributed by atoms with E-state index in [4.69, 9.17) is 4.74 Å². The number of methoxy groups -OCH3 is 1. The second kappa shape index (κ2) is 6.26.